The van der Waals surface area contributed by atoms with Gasteiger partial charge in [0.25, 0.3) is 8.32 Å². The molecule has 35 heavy (non-hydrogen) atoms. The van der Waals surface area contributed by atoms with Crippen LogP contribution < -0.4 is 15.1 Å². The van der Waals surface area contributed by atoms with Gasteiger partial charge in [-0.25, -0.2) is 4.79 Å². The number of hydrogen-bond acceptors (Lipinski definition) is 5. The van der Waals surface area contributed by atoms with Gasteiger partial charge in [0, 0.05) is 5.56 Å². The van der Waals surface area contributed by atoms with Gasteiger partial charge in [0.1, 0.15) is 12.4 Å². The fourth-order valence-electron chi connectivity index (χ4n) is 4.40. The third-order valence-electron chi connectivity index (χ3n) is 6.01. The van der Waals surface area contributed by atoms with Crippen LogP contribution in [0, 0.1) is 0 Å². The Kier molecular flexibility index (Phi) is 9.26. The normalized spacial score (nSPS) is 11.8. The van der Waals surface area contributed by atoms with Crippen molar-refractivity contribution in [3.8, 4) is 5.75 Å². The number of hydrogen-bond donors (Lipinski definition) is 0. The van der Waals surface area contributed by atoms with E-state index in [1.807, 2.05) is 30.3 Å². The van der Waals surface area contributed by atoms with E-state index in [4.69, 9.17) is 18.6 Å². The fraction of sp³-hybridized carbons (Fsp3) is 0.345. The Bertz CT molecular complexity index is 1040. The molecule has 6 heteroatoms. The van der Waals surface area contributed by atoms with E-state index < -0.39 is 8.32 Å². The highest BCUT2D eigenvalue weighted by Gasteiger charge is 2.50. The van der Waals surface area contributed by atoms with Crippen molar-refractivity contribution in [2.75, 3.05) is 20.3 Å². The Morgan fingerprint density at radius 3 is 1.97 bits per heavy atom. The zero-order valence-corrected chi connectivity index (χ0v) is 22.4. The second-order valence-electron chi connectivity index (χ2n) is 9.40. The molecule has 3 aromatic carbocycles. The summed E-state index contributed by atoms with van der Waals surface area (Å²) < 4.78 is 23.1. The number of methoxy groups -OCH3 is 1. The Hall–Kier alpha value is -2.93. The molecule has 0 aliphatic heterocycles. The Labute approximate surface area is 210 Å². The lowest BCUT2D eigenvalue weighted by molar-refractivity contribution is -0.148. The molecule has 0 spiro atoms. The Morgan fingerprint density at radius 1 is 0.857 bits per heavy atom. The van der Waals surface area contributed by atoms with Crippen LogP contribution in [0.15, 0.2) is 78.9 Å². The highest BCUT2D eigenvalue weighted by molar-refractivity contribution is 6.99. The zero-order valence-electron chi connectivity index (χ0n) is 21.4. The molecule has 0 N–H and O–H groups in total. The lowest BCUT2D eigenvalue weighted by Crippen LogP contribution is -2.66. The molecule has 0 saturated heterocycles. The average molecular weight is 493 g/mol. The van der Waals surface area contributed by atoms with Crippen molar-refractivity contribution in [3.63, 3.8) is 0 Å². The summed E-state index contributed by atoms with van der Waals surface area (Å²) in [6.45, 7) is 9.55. The molecule has 0 aromatic heterocycles. The Morgan fingerprint density at radius 2 is 1.46 bits per heavy atom. The monoisotopic (exact) mass is 492 g/mol. The van der Waals surface area contributed by atoms with Crippen molar-refractivity contribution in [2.45, 2.75) is 45.9 Å². The molecule has 0 fully saturated rings. The molecule has 3 rings (SSSR count). The van der Waals surface area contributed by atoms with Gasteiger partial charge in [-0.3, -0.25) is 0 Å². The maximum Gasteiger partial charge on any atom is 0.332 e. The molecule has 0 aliphatic carbocycles. The molecule has 0 aliphatic rings. The number of carbonyl (C=O) groups is 1. The van der Waals surface area contributed by atoms with Crippen LogP contribution in [0.1, 0.15) is 38.8 Å². The molecular weight excluding hydrogens is 456 g/mol. The smallest absolute Gasteiger partial charge is 0.332 e. The van der Waals surface area contributed by atoms with Crippen LogP contribution >= 0.6 is 0 Å². The number of ether oxygens (including phenoxy) is 3. The first-order valence-corrected chi connectivity index (χ1v) is 13.9. The van der Waals surface area contributed by atoms with E-state index in [1.54, 1.807) is 14.0 Å². The van der Waals surface area contributed by atoms with E-state index in [-0.39, 0.29) is 17.6 Å². The summed E-state index contributed by atoms with van der Waals surface area (Å²) in [5.74, 6) is 0.370. The maximum atomic E-state index is 11.5. The predicted molar refractivity (Wildman–Crippen MR) is 142 cm³/mol. The van der Waals surface area contributed by atoms with Crippen molar-refractivity contribution >= 4 is 24.7 Å². The van der Waals surface area contributed by atoms with Gasteiger partial charge in [-0.1, -0.05) is 93.6 Å². The van der Waals surface area contributed by atoms with Gasteiger partial charge in [0.15, 0.2) is 0 Å². The zero-order chi connectivity index (χ0) is 25.3. The molecule has 0 saturated carbocycles. The van der Waals surface area contributed by atoms with E-state index >= 15 is 0 Å². The van der Waals surface area contributed by atoms with E-state index in [2.05, 4.69) is 69.3 Å². The van der Waals surface area contributed by atoms with Crippen LogP contribution in [-0.4, -0.2) is 34.6 Å². The minimum atomic E-state index is -2.65. The van der Waals surface area contributed by atoms with Crippen molar-refractivity contribution in [2.24, 2.45) is 0 Å². The Balaban J connectivity index is 1.88. The lowest BCUT2D eigenvalue weighted by atomic mass is 10.1. The number of carbonyl (C=O) groups excluding carboxylic acids is 1. The third-order valence-corrected chi connectivity index (χ3v) is 11.0. The van der Waals surface area contributed by atoms with Crippen molar-refractivity contribution < 1.29 is 23.4 Å². The summed E-state index contributed by atoms with van der Waals surface area (Å²) in [4.78, 5) is 11.5. The van der Waals surface area contributed by atoms with Crippen molar-refractivity contribution in [1.82, 2.24) is 0 Å². The molecule has 0 atom stereocenters. The molecule has 0 heterocycles. The molecule has 0 bridgehead atoms. The standard InChI is InChI=1S/C29H36O5Si/c1-6-33-28(30)22-32-20-23-17-18-24(27(19-23)31-5)21-34-35(29(2,3)4,25-13-9-7-10-14-25)26-15-11-8-12-16-26/h7-19H,6,20-22H2,1-5H3. The highest BCUT2D eigenvalue weighted by Crippen LogP contribution is 2.38. The largest absolute Gasteiger partial charge is 0.496 e. The molecule has 5 nitrogen and oxygen atoms in total. The second kappa shape index (κ2) is 12.2. The first kappa shape index (κ1) is 26.7. The highest BCUT2D eigenvalue weighted by atomic mass is 28.4. The quantitative estimate of drug-likeness (QED) is 0.283. The number of rotatable bonds is 11. The fourth-order valence-corrected chi connectivity index (χ4v) is 8.93. The SMILES string of the molecule is CCOC(=O)COCc1ccc(CO[Si](c2ccccc2)(c2ccccc2)C(C)(C)C)c(OC)c1. The number of esters is 1. The van der Waals surface area contributed by atoms with E-state index in [9.17, 15) is 4.79 Å². The van der Waals surface area contributed by atoms with Crippen LogP contribution in [0.3, 0.4) is 0 Å². The summed E-state index contributed by atoms with van der Waals surface area (Å²) >= 11 is 0. The van der Waals surface area contributed by atoms with Crippen molar-refractivity contribution in [3.05, 3.63) is 90.0 Å². The van der Waals surface area contributed by atoms with Crippen molar-refractivity contribution in [1.29, 1.82) is 0 Å². The minimum Gasteiger partial charge on any atom is -0.496 e. The van der Waals surface area contributed by atoms with Gasteiger partial charge in [0.05, 0.1) is 26.9 Å². The van der Waals surface area contributed by atoms with Gasteiger partial charge in [0.2, 0.25) is 0 Å². The van der Waals surface area contributed by atoms with Crippen LogP contribution in [0.25, 0.3) is 0 Å². The first-order chi connectivity index (χ1) is 16.8. The maximum absolute atomic E-state index is 11.5. The van der Waals surface area contributed by atoms with E-state index in [0.717, 1.165) is 16.9 Å². The van der Waals surface area contributed by atoms with Gasteiger partial charge in [-0.05, 0) is 34.0 Å². The molecule has 3 aromatic rings. The topological polar surface area (TPSA) is 54.0 Å². The van der Waals surface area contributed by atoms with Gasteiger partial charge in [-0.2, -0.15) is 0 Å². The molecule has 0 amide bonds. The molecule has 0 unspecified atom stereocenters. The van der Waals surface area contributed by atoms with Gasteiger partial charge < -0.3 is 18.6 Å². The van der Waals surface area contributed by atoms with Crippen LogP contribution in [0.2, 0.25) is 5.04 Å². The van der Waals surface area contributed by atoms with Gasteiger partial charge >= 0.3 is 5.97 Å². The second-order valence-corrected chi connectivity index (χ2v) is 13.7. The molecule has 186 valence electrons. The van der Waals surface area contributed by atoms with Crippen LogP contribution in [-0.2, 0) is 31.9 Å². The summed E-state index contributed by atoms with van der Waals surface area (Å²) in [6, 6.07) is 27.1. The van der Waals surface area contributed by atoms with Crippen LogP contribution in [0.5, 0.6) is 5.75 Å². The average Bonchev–Trinajstić information content (AvgIpc) is 2.85. The number of benzene rings is 3. The third kappa shape index (κ3) is 6.39. The van der Waals surface area contributed by atoms with Crippen LogP contribution in [0.4, 0.5) is 0 Å². The predicted octanol–water partition coefficient (Wildman–Crippen LogP) is 4.85. The first-order valence-electron chi connectivity index (χ1n) is 12.0. The van der Waals surface area contributed by atoms with E-state index in [0.29, 0.717) is 19.8 Å². The van der Waals surface area contributed by atoms with Gasteiger partial charge in [-0.15, -0.1) is 0 Å². The van der Waals surface area contributed by atoms with E-state index in [1.165, 1.54) is 10.4 Å². The summed E-state index contributed by atoms with van der Waals surface area (Å²) in [5, 5.41) is 2.37. The lowest BCUT2D eigenvalue weighted by Gasteiger charge is -2.43. The molecule has 0 radical (unpaired) electrons. The summed E-state index contributed by atoms with van der Waals surface area (Å²) in [7, 11) is -0.997. The molecular formula is C29H36O5Si. The summed E-state index contributed by atoms with van der Waals surface area (Å²) in [5.41, 5.74) is 1.88. The summed E-state index contributed by atoms with van der Waals surface area (Å²) in [6.07, 6.45) is 0. The minimum absolute atomic E-state index is 0.0745.